The third kappa shape index (κ3) is 2.01. The Bertz CT molecular complexity index is 349. The average molecular weight is 269 g/mol. The second-order valence-electron chi connectivity index (χ2n) is 2.69. The Balaban J connectivity index is 3.46. The molecule has 4 N–H and O–H groups in total. The smallest absolute Gasteiger partial charge is 0.398 e. The van der Waals surface area contributed by atoms with Gasteiger partial charge in [-0.05, 0) is 12.1 Å². The summed E-state index contributed by atoms with van der Waals surface area (Å²) in [5.41, 5.74) is 9.80. The molecule has 0 unspecified atom stereocenters. The van der Waals surface area contributed by atoms with Gasteiger partial charge in [0.15, 0.2) is 0 Å². The summed E-state index contributed by atoms with van der Waals surface area (Å²) in [7, 11) is 0. The first-order valence-corrected chi connectivity index (χ1v) is 4.51. The van der Waals surface area contributed by atoms with Gasteiger partial charge in [-0.2, -0.15) is 13.2 Å². The van der Waals surface area contributed by atoms with Crippen LogP contribution in [0.25, 0.3) is 0 Å². The molecule has 0 aliphatic heterocycles. The molecule has 0 aliphatic carbocycles. The van der Waals surface area contributed by atoms with Gasteiger partial charge in [-0.25, -0.2) is 0 Å². The van der Waals surface area contributed by atoms with Gasteiger partial charge in [-0.3, -0.25) is 0 Å². The zero-order valence-electron chi connectivity index (χ0n) is 7.03. The highest BCUT2D eigenvalue weighted by Crippen LogP contribution is 2.39. The van der Waals surface area contributed by atoms with Crippen molar-refractivity contribution in [2.75, 3.05) is 5.73 Å². The number of hydrogen-bond donors (Lipinski definition) is 2. The van der Waals surface area contributed by atoms with Gasteiger partial charge in [0.25, 0.3) is 0 Å². The Kier molecular flexibility index (Phi) is 3.06. The standard InChI is InChI=1S/C8H8BrF3N2/c9-5-1-2-6(14)4(3-13)7(5)8(10,11)12/h1-2H,3,13-14H2. The van der Waals surface area contributed by atoms with Gasteiger partial charge in [-0.15, -0.1) is 0 Å². The molecule has 1 aromatic rings. The fraction of sp³-hybridized carbons (Fsp3) is 0.250. The van der Waals surface area contributed by atoms with Gasteiger partial charge in [0, 0.05) is 22.3 Å². The number of halogens is 4. The Morgan fingerprint density at radius 2 is 1.86 bits per heavy atom. The topological polar surface area (TPSA) is 52.0 Å². The fourth-order valence-electron chi connectivity index (χ4n) is 1.16. The van der Waals surface area contributed by atoms with E-state index >= 15 is 0 Å². The summed E-state index contributed by atoms with van der Waals surface area (Å²) < 4.78 is 37.6. The van der Waals surface area contributed by atoms with E-state index in [1.54, 1.807) is 0 Å². The van der Waals surface area contributed by atoms with Gasteiger partial charge in [-0.1, -0.05) is 15.9 Å². The Morgan fingerprint density at radius 1 is 1.29 bits per heavy atom. The minimum absolute atomic E-state index is 0.0420. The maximum atomic E-state index is 12.5. The zero-order valence-corrected chi connectivity index (χ0v) is 8.61. The maximum absolute atomic E-state index is 12.5. The van der Waals surface area contributed by atoms with E-state index in [0.717, 1.165) is 0 Å². The number of hydrogen-bond acceptors (Lipinski definition) is 2. The lowest BCUT2D eigenvalue weighted by molar-refractivity contribution is -0.138. The van der Waals surface area contributed by atoms with E-state index in [0.29, 0.717) is 0 Å². The molecular weight excluding hydrogens is 261 g/mol. The summed E-state index contributed by atoms with van der Waals surface area (Å²) in [5.74, 6) is 0. The van der Waals surface area contributed by atoms with Gasteiger partial charge >= 0.3 is 6.18 Å². The molecule has 1 rings (SSSR count). The van der Waals surface area contributed by atoms with Gasteiger partial charge < -0.3 is 11.5 Å². The van der Waals surface area contributed by atoms with Crippen LogP contribution >= 0.6 is 15.9 Å². The molecule has 6 heteroatoms. The molecule has 2 nitrogen and oxygen atoms in total. The van der Waals surface area contributed by atoms with Crippen molar-refractivity contribution in [3.63, 3.8) is 0 Å². The van der Waals surface area contributed by atoms with E-state index in [1.165, 1.54) is 12.1 Å². The van der Waals surface area contributed by atoms with Crippen LogP contribution in [-0.2, 0) is 12.7 Å². The van der Waals surface area contributed by atoms with Crippen LogP contribution in [0.5, 0.6) is 0 Å². The zero-order chi connectivity index (χ0) is 10.9. The molecule has 0 fully saturated rings. The monoisotopic (exact) mass is 268 g/mol. The molecular formula is C8H8BrF3N2. The SMILES string of the molecule is NCc1c(N)ccc(Br)c1C(F)(F)F. The van der Waals surface area contributed by atoms with E-state index in [2.05, 4.69) is 15.9 Å². The molecule has 0 aliphatic rings. The van der Waals surface area contributed by atoms with E-state index in [4.69, 9.17) is 11.5 Å². The molecule has 0 heterocycles. The third-order valence-electron chi connectivity index (χ3n) is 1.79. The molecule has 0 spiro atoms. The molecule has 1 aromatic carbocycles. The quantitative estimate of drug-likeness (QED) is 0.769. The van der Waals surface area contributed by atoms with E-state index in [9.17, 15) is 13.2 Å². The maximum Gasteiger partial charge on any atom is 0.417 e. The highest BCUT2D eigenvalue weighted by atomic mass is 79.9. The number of rotatable bonds is 1. The van der Waals surface area contributed by atoms with Crippen LogP contribution in [0.1, 0.15) is 11.1 Å². The Morgan fingerprint density at radius 3 is 2.21 bits per heavy atom. The van der Waals surface area contributed by atoms with E-state index in [1.807, 2.05) is 0 Å². The van der Waals surface area contributed by atoms with Gasteiger partial charge in [0.05, 0.1) is 5.56 Å². The Labute approximate surface area is 87.2 Å². The van der Waals surface area contributed by atoms with Crippen molar-refractivity contribution in [2.24, 2.45) is 5.73 Å². The number of alkyl halides is 3. The van der Waals surface area contributed by atoms with Crippen molar-refractivity contribution in [1.29, 1.82) is 0 Å². The fourth-order valence-corrected chi connectivity index (χ4v) is 1.76. The van der Waals surface area contributed by atoms with Crippen LogP contribution in [0.4, 0.5) is 18.9 Å². The number of nitrogen functional groups attached to an aromatic ring is 1. The molecule has 14 heavy (non-hydrogen) atoms. The number of anilines is 1. The van der Waals surface area contributed by atoms with Crippen molar-refractivity contribution in [3.8, 4) is 0 Å². The van der Waals surface area contributed by atoms with Crippen molar-refractivity contribution in [2.45, 2.75) is 12.7 Å². The minimum Gasteiger partial charge on any atom is -0.398 e. The van der Waals surface area contributed by atoms with Crippen LogP contribution in [0.3, 0.4) is 0 Å². The predicted molar refractivity (Wildman–Crippen MR) is 51.4 cm³/mol. The Hall–Kier alpha value is -0.750. The summed E-state index contributed by atoms with van der Waals surface area (Å²) in [6.45, 7) is -0.236. The summed E-state index contributed by atoms with van der Waals surface area (Å²) in [6, 6.07) is 2.65. The highest BCUT2D eigenvalue weighted by molar-refractivity contribution is 9.10. The summed E-state index contributed by atoms with van der Waals surface area (Å²) in [6.07, 6.45) is -4.44. The molecule has 0 radical (unpaired) electrons. The lowest BCUT2D eigenvalue weighted by Crippen LogP contribution is -2.14. The first kappa shape index (κ1) is 11.3. The molecule has 0 amide bonds. The summed E-state index contributed by atoms with van der Waals surface area (Å²) in [4.78, 5) is 0. The molecule has 0 saturated carbocycles. The molecule has 0 bridgehead atoms. The lowest BCUT2D eigenvalue weighted by atomic mass is 10.1. The third-order valence-corrected chi connectivity index (χ3v) is 2.45. The summed E-state index contributed by atoms with van der Waals surface area (Å²) in [5, 5.41) is 0. The number of benzene rings is 1. The van der Waals surface area contributed by atoms with Crippen LogP contribution in [-0.4, -0.2) is 0 Å². The summed E-state index contributed by atoms with van der Waals surface area (Å²) >= 11 is 2.83. The molecule has 0 saturated heterocycles. The van der Waals surface area contributed by atoms with Crippen LogP contribution in [0, 0.1) is 0 Å². The van der Waals surface area contributed by atoms with Crippen molar-refractivity contribution in [1.82, 2.24) is 0 Å². The molecule has 78 valence electrons. The van der Waals surface area contributed by atoms with Crippen LogP contribution in [0.2, 0.25) is 0 Å². The normalized spacial score (nSPS) is 11.8. The van der Waals surface area contributed by atoms with Crippen molar-refractivity contribution < 1.29 is 13.2 Å². The van der Waals surface area contributed by atoms with Crippen molar-refractivity contribution in [3.05, 3.63) is 27.7 Å². The van der Waals surface area contributed by atoms with E-state index in [-0.39, 0.29) is 22.3 Å². The van der Waals surface area contributed by atoms with Crippen LogP contribution < -0.4 is 11.5 Å². The number of nitrogens with two attached hydrogens (primary N) is 2. The molecule has 0 aromatic heterocycles. The van der Waals surface area contributed by atoms with Crippen LogP contribution in [0.15, 0.2) is 16.6 Å². The second kappa shape index (κ2) is 3.78. The van der Waals surface area contributed by atoms with Gasteiger partial charge in [0.1, 0.15) is 0 Å². The largest absolute Gasteiger partial charge is 0.417 e. The first-order valence-electron chi connectivity index (χ1n) is 3.72. The second-order valence-corrected chi connectivity index (χ2v) is 3.55. The lowest BCUT2D eigenvalue weighted by Gasteiger charge is -2.15. The average Bonchev–Trinajstić information content (AvgIpc) is 2.06. The van der Waals surface area contributed by atoms with E-state index < -0.39 is 11.7 Å². The molecule has 0 atom stereocenters. The van der Waals surface area contributed by atoms with Gasteiger partial charge in [0.2, 0.25) is 0 Å². The highest BCUT2D eigenvalue weighted by Gasteiger charge is 2.36. The van der Waals surface area contributed by atoms with Crippen molar-refractivity contribution >= 4 is 21.6 Å². The minimum atomic E-state index is -4.44. The first-order chi connectivity index (χ1) is 6.38. The predicted octanol–water partition coefficient (Wildman–Crippen LogP) is 2.51.